The molecule has 1 aliphatic carbocycles. The maximum atomic E-state index is 3.62. The van der Waals surface area contributed by atoms with Gasteiger partial charge in [0.15, 0.2) is 0 Å². The Bertz CT molecular complexity index is 1370. The molecule has 1 aromatic heterocycles. The second-order valence-corrected chi connectivity index (χ2v) is 7.88. The summed E-state index contributed by atoms with van der Waals surface area (Å²) >= 11 is 2.54. The molecule has 1 heterocycles. The van der Waals surface area contributed by atoms with Crippen molar-refractivity contribution in [2.45, 2.75) is 0 Å². The van der Waals surface area contributed by atoms with Crippen LogP contribution in [-0.4, -0.2) is 4.98 Å². The molecule has 0 unspecified atom stereocenters. The van der Waals surface area contributed by atoms with Crippen molar-refractivity contribution >= 4 is 64.3 Å². The SMILES string of the molecule is IC1=C(c2ccccc2)c2cccc3ccc4[nH]c5cccc1c5c4c23. The van der Waals surface area contributed by atoms with Crippen molar-refractivity contribution in [3.05, 3.63) is 95.6 Å². The molecule has 26 heavy (non-hydrogen) atoms. The Labute approximate surface area is 164 Å². The van der Waals surface area contributed by atoms with Crippen LogP contribution in [0.2, 0.25) is 0 Å². The van der Waals surface area contributed by atoms with E-state index in [9.17, 15) is 0 Å². The molecule has 0 bridgehead atoms. The van der Waals surface area contributed by atoms with Crippen LogP contribution in [0.1, 0.15) is 16.7 Å². The number of halogens is 1. The fourth-order valence-corrected chi connectivity index (χ4v) is 5.40. The molecular weight excluding hydrogens is 429 g/mol. The molecule has 122 valence electrons. The Balaban J connectivity index is 1.95. The lowest BCUT2D eigenvalue weighted by Crippen LogP contribution is -1.91. The normalized spacial score (nSPS) is 13.4. The van der Waals surface area contributed by atoms with Crippen molar-refractivity contribution in [2.24, 2.45) is 0 Å². The van der Waals surface area contributed by atoms with Gasteiger partial charge >= 0.3 is 0 Å². The number of hydrogen-bond donors (Lipinski definition) is 1. The largest absolute Gasteiger partial charge is 0.354 e. The predicted octanol–water partition coefficient (Wildman–Crippen LogP) is 7.14. The van der Waals surface area contributed by atoms with E-state index in [-0.39, 0.29) is 0 Å². The smallest absolute Gasteiger partial charge is 0.0471 e. The van der Waals surface area contributed by atoms with E-state index in [0.29, 0.717) is 0 Å². The maximum Gasteiger partial charge on any atom is 0.0471 e. The van der Waals surface area contributed by atoms with Crippen LogP contribution >= 0.6 is 22.6 Å². The third kappa shape index (κ3) is 1.80. The van der Waals surface area contributed by atoms with E-state index in [0.717, 1.165) is 0 Å². The number of aromatic nitrogens is 1. The molecule has 0 aliphatic heterocycles. The molecule has 2 heteroatoms. The third-order valence-electron chi connectivity index (χ3n) is 5.42. The molecule has 0 spiro atoms. The van der Waals surface area contributed by atoms with Crippen LogP contribution in [-0.2, 0) is 0 Å². The summed E-state index contributed by atoms with van der Waals surface area (Å²) in [4.78, 5) is 3.62. The van der Waals surface area contributed by atoms with Crippen LogP contribution in [0.25, 0.3) is 41.7 Å². The lowest BCUT2D eigenvalue weighted by atomic mass is 9.92. The predicted molar refractivity (Wildman–Crippen MR) is 120 cm³/mol. The zero-order chi connectivity index (χ0) is 17.3. The van der Waals surface area contributed by atoms with E-state index in [2.05, 4.69) is 106 Å². The minimum absolute atomic E-state index is 1.21. The average molecular weight is 443 g/mol. The van der Waals surface area contributed by atoms with Gasteiger partial charge in [-0.25, -0.2) is 0 Å². The maximum absolute atomic E-state index is 3.62. The summed E-state index contributed by atoms with van der Waals surface area (Å²) in [5, 5.41) is 5.35. The highest BCUT2D eigenvalue weighted by atomic mass is 127. The second-order valence-electron chi connectivity index (χ2n) is 6.80. The molecule has 0 saturated heterocycles. The first-order valence-corrected chi connectivity index (χ1v) is 9.83. The molecule has 0 amide bonds. The molecular formula is C24H14IN. The van der Waals surface area contributed by atoms with Crippen LogP contribution in [0, 0.1) is 0 Å². The summed E-state index contributed by atoms with van der Waals surface area (Å²) in [6.45, 7) is 0. The number of aromatic amines is 1. The van der Waals surface area contributed by atoms with Gasteiger partial charge in [-0.3, -0.25) is 0 Å². The Morgan fingerprint density at radius 1 is 0.577 bits per heavy atom. The van der Waals surface area contributed by atoms with Crippen LogP contribution in [0.3, 0.4) is 0 Å². The van der Waals surface area contributed by atoms with Gasteiger partial charge in [-0.2, -0.15) is 0 Å². The Morgan fingerprint density at radius 2 is 1.35 bits per heavy atom. The highest BCUT2D eigenvalue weighted by molar-refractivity contribution is 14.1. The van der Waals surface area contributed by atoms with E-state index in [1.165, 1.54) is 58.4 Å². The van der Waals surface area contributed by atoms with E-state index in [1.807, 2.05) is 0 Å². The van der Waals surface area contributed by atoms with Gasteiger partial charge in [0.05, 0.1) is 0 Å². The van der Waals surface area contributed by atoms with Gasteiger partial charge in [-0.15, -0.1) is 0 Å². The second kappa shape index (κ2) is 5.21. The molecule has 0 fully saturated rings. The standard InChI is InChI=1S/C24H14IN/c25-24-17-10-5-11-18-22(17)23-19(26-18)13-12-15-8-4-9-16(20(15)23)21(24)14-6-2-1-3-7-14/h1-13,26H. The number of nitrogens with one attached hydrogen (secondary N) is 1. The first-order chi connectivity index (χ1) is 12.8. The Hall–Kier alpha value is -2.59. The van der Waals surface area contributed by atoms with Crippen LogP contribution in [0.15, 0.2) is 78.9 Å². The van der Waals surface area contributed by atoms with Gasteiger partial charge in [0.2, 0.25) is 0 Å². The number of benzene rings is 4. The lowest BCUT2D eigenvalue weighted by Gasteiger charge is -2.14. The summed E-state index contributed by atoms with van der Waals surface area (Å²) in [7, 11) is 0. The summed E-state index contributed by atoms with van der Waals surface area (Å²) in [6, 6.07) is 28.5. The minimum atomic E-state index is 1.21. The minimum Gasteiger partial charge on any atom is -0.354 e. The van der Waals surface area contributed by atoms with Crippen molar-refractivity contribution in [3.63, 3.8) is 0 Å². The Morgan fingerprint density at radius 3 is 2.23 bits per heavy atom. The summed E-state index contributed by atoms with van der Waals surface area (Å²) in [6.07, 6.45) is 0. The summed E-state index contributed by atoms with van der Waals surface area (Å²) in [5.41, 5.74) is 7.66. The third-order valence-corrected chi connectivity index (χ3v) is 6.54. The first-order valence-electron chi connectivity index (χ1n) is 8.75. The zero-order valence-electron chi connectivity index (χ0n) is 13.9. The quantitative estimate of drug-likeness (QED) is 0.265. The van der Waals surface area contributed by atoms with E-state index in [1.54, 1.807) is 0 Å². The molecule has 6 rings (SSSR count). The highest BCUT2D eigenvalue weighted by Gasteiger charge is 2.23. The van der Waals surface area contributed by atoms with Gasteiger partial charge < -0.3 is 4.98 Å². The molecule has 1 N–H and O–H groups in total. The van der Waals surface area contributed by atoms with Gasteiger partial charge in [-0.1, -0.05) is 66.7 Å². The van der Waals surface area contributed by atoms with Crippen molar-refractivity contribution in [3.8, 4) is 0 Å². The first kappa shape index (κ1) is 14.6. The zero-order valence-corrected chi connectivity index (χ0v) is 16.0. The Kier molecular flexibility index (Phi) is 2.92. The van der Waals surface area contributed by atoms with Crippen LogP contribution in [0.4, 0.5) is 0 Å². The van der Waals surface area contributed by atoms with E-state index < -0.39 is 0 Å². The lowest BCUT2D eigenvalue weighted by molar-refractivity contribution is 1.54. The number of rotatable bonds is 1. The molecule has 0 saturated carbocycles. The van der Waals surface area contributed by atoms with Gasteiger partial charge in [0, 0.05) is 31.0 Å². The highest BCUT2D eigenvalue weighted by Crippen LogP contribution is 2.48. The number of H-pyrrole nitrogens is 1. The van der Waals surface area contributed by atoms with E-state index in [4.69, 9.17) is 0 Å². The van der Waals surface area contributed by atoms with Crippen LogP contribution in [0.5, 0.6) is 0 Å². The van der Waals surface area contributed by atoms with Crippen molar-refractivity contribution in [2.75, 3.05) is 0 Å². The van der Waals surface area contributed by atoms with Crippen molar-refractivity contribution < 1.29 is 0 Å². The molecule has 5 aromatic rings. The fraction of sp³-hybridized carbons (Fsp3) is 0. The fourth-order valence-electron chi connectivity index (χ4n) is 4.35. The number of hydrogen-bond acceptors (Lipinski definition) is 0. The average Bonchev–Trinajstić information content (AvgIpc) is 3.02. The summed E-state index contributed by atoms with van der Waals surface area (Å²) < 4.78 is 1.31. The molecule has 1 aliphatic rings. The monoisotopic (exact) mass is 443 g/mol. The molecule has 1 nitrogen and oxygen atoms in total. The molecule has 0 radical (unpaired) electrons. The van der Waals surface area contributed by atoms with Crippen LogP contribution < -0.4 is 0 Å². The molecule has 4 aromatic carbocycles. The summed E-state index contributed by atoms with van der Waals surface area (Å²) in [5.74, 6) is 0. The van der Waals surface area contributed by atoms with Crippen molar-refractivity contribution in [1.29, 1.82) is 0 Å². The van der Waals surface area contributed by atoms with Gasteiger partial charge in [0.1, 0.15) is 0 Å². The topological polar surface area (TPSA) is 15.8 Å². The van der Waals surface area contributed by atoms with Gasteiger partial charge in [-0.05, 0) is 62.2 Å². The van der Waals surface area contributed by atoms with E-state index >= 15 is 0 Å². The van der Waals surface area contributed by atoms with Crippen molar-refractivity contribution in [1.82, 2.24) is 4.98 Å². The van der Waals surface area contributed by atoms with Gasteiger partial charge in [0.25, 0.3) is 0 Å². The molecule has 0 atom stereocenters.